The summed E-state index contributed by atoms with van der Waals surface area (Å²) in [5.74, 6) is 0.716. The number of piperidine rings is 1. The summed E-state index contributed by atoms with van der Waals surface area (Å²) < 4.78 is 5.46. The lowest BCUT2D eigenvalue weighted by atomic mass is 10.1. The number of benzene rings is 2. The molecule has 6 heteroatoms. The van der Waals surface area contributed by atoms with Gasteiger partial charge in [0.2, 0.25) is 0 Å². The van der Waals surface area contributed by atoms with E-state index in [0.29, 0.717) is 23.9 Å². The summed E-state index contributed by atoms with van der Waals surface area (Å²) in [7, 11) is 1.78. The number of hydrogen-bond acceptors (Lipinski definition) is 5. The molecule has 1 aromatic heterocycles. The molecule has 1 fully saturated rings. The lowest BCUT2D eigenvalue weighted by Gasteiger charge is -2.33. The van der Waals surface area contributed by atoms with Crippen molar-refractivity contribution in [3.8, 4) is 0 Å². The number of para-hydroxylation sites is 1. The molecule has 0 bridgehead atoms. The Morgan fingerprint density at radius 1 is 1.14 bits per heavy atom. The van der Waals surface area contributed by atoms with E-state index in [1.807, 2.05) is 12.1 Å². The first kappa shape index (κ1) is 18.2. The number of rotatable bonds is 4. The number of aromatic amines is 1. The monoisotopic (exact) mass is 390 g/mol. The van der Waals surface area contributed by atoms with Crippen LogP contribution in [-0.4, -0.2) is 42.8 Å². The van der Waals surface area contributed by atoms with Gasteiger partial charge in [-0.15, -0.1) is 0 Å². The standard InChI is InChI=1S/C23H26N4O2/c1-29-18-9-12-26(13-10-18)17-6-7-20-19(14-17)23(28)25-22(24-20)15-27-11-8-16-4-2-3-5-21(16)27/h2-7,14,18H,8-13,15H2,1H3,(H,24,25,28). The highest BCUT2D eigenvalue weighted by Crippen LogP contribution is 2.28. The molecule has 0 aliphatic carbocycles. The smallest absolute Gasteiger partial charge is 0.258 e. The van der Waals surface area contributed by atoms with Crippen LogP contribution in [0.2, 0.25) is 0 Å². The predicted octanol–water partition coefficient (Wildman–Crippen LogP) is 3.10. The fourth-order valence-corrected chi connectivity index (χ4v) is 4.55. The molecule has 0 unspecified atom stereocenters. The van der Waals surface area contributed by atoms with Gasteiger partial charge in [-0.3, -0.25) is 4.79 Å². The van der Waals surface area contributed by atoms with Crippen LogP contribution in [0.5, 0.6) is 0 Å². The molecule has 5 rings (SSSR count). The highest BCUT2D eigenvalue weighted by molar-refractivity contribution is 5.81. The van der Waals surface area contributed by atoms with Gasteiger partial charge in [0.25, 0.3) is 5.56 Å². The molecule has 29 heavy (non-hydrogen) atoms. The Morgan fingerprint density at radius 2 is 1.97 bits per heavy atom. The Kier molecular flexibility index (Phi) is 4.72. The van der Waals surface area contributed by atoms with Gasteiger partial charge >= 0.3 is 0 Å². The van der Waals surface area contributed by atoms with Crippen LogP contribution in [-0.2, 0) is 17.7 Å². The number of ether oxygens (including phenoxy) is 1. The van der Waals surface area contributed by atoms with E-state index in [-0.39, 0.29) is 5.56 Å². The van der Waals surface area contributed by atoms with Crippen molar-refractivity contribution < 1.29 is 4.74 Å². The van der Waals surface area contributed by atoms with E-state index in [1.165, 1.54) is 11.3 Å². The molecular weight excluding hydrogens is 364 g/mol. The fraction of sp³-hybridized carbons (Fsp3) is 0.391. The van der Waals surface area contributed by atoms with E-state index >= 15 is 0 Å². The first-order valence-corrected chi connectivity index (χ1v) is 10.3. The average Bonchev–Trinajstić information content (AvgIpc) is 3.16. The molecule has 2 aliphatic heterocycles. The Hall–Kier alpha value is -2.86. The number of hydrogen-bond donors (Lipinski definition) is 1. The van der Waals surface area contributed by atoms with Crippen LogP contribution in [0, 0.1) is 0 Å². The molecule has 0 spiro atoms. The van der Waals surface area contributed by atoms with Crippen molar-refractivity contribution in [3.63, 3.8) is 0 Å². The maximum absolute atomic E-state index is 12.8. The Labute approximate surface area is 170 Å². The molecule has 1 N–H and O–H groups in total. The zero-order valence-corrected chi connectivity index (χ0v) is 16.7. The van der Waals surface area contributed by atoms with Crippen molar-refractivity contribution in [2.24, 2.45) is 0 Å². The van der Waals surface area contributed by atoms with Crippen LogP contribution in [0.15, 0.2) is 47.3 Å². The quantitative estimate of drug-likeness (QED) is 0.742. The Balaban J connectivity index is 1.39. The minimum absolute atomic E-state index is 0.0638. The van der Waals surface area contributed by atoms with Crippen molar-refractivity contribution in [2.45, 2.75) is 31.9 Å². The van der Waals surface area contributed by atoms with Gasteiger partial charge in [-0.25, -0.2) is 4.98 Å². The molecule has 0 saturated carbocycles. The highest BCUT2D eigenvalue weighted by atomic mass is 16.5. The van der Waals surface area contributed by atoms with E-state index in [1.54, 1.807) is 7.11 Å². The third-order valence-electron chi connectivity index (χ3n) is 6.20. The van der Waals surface area contributed by atoms with Gasteiger partial charge in [-0.2, -0.15) is 0 Å². The largest absolute Gasteiger partial charge is 0.381 e. The number of methoxy groups -OCH3 is 1. The van der Waals surface area contributed by atoms with Gasteiger partial charge in [-0.05, 0) is 49.1 Å². The molecule has 3 heterocycles. The summed E-state index contributed by atoms with van der Waals surface area (Å²) in [5.41, 5.74) is 4.38. The van der Waals surface area contributed by atoms with E-state index < -0.39 is 0 Å². The molecular formula is C23H26N4O2. The van der Waals surface area contributed by atoms with Crippen LogP contribution < -0.4 is 15.4 Å². The van der Waals surface area contributed by atoms with E-state index in [2.05, 4.69) is 45.1 Å². The number of aromatic nitrogens is 2. The second kappa shape index (κ2) is 7.52. The summed E-state index contributed by atoms with van der Waals surface area (Å²) in [6.07, 6.45) is 3.41. The van der Waals surface area contributed by atoms with Crippen LogP contribution in [0.1, 0.15) is 24.2 Å². The van der Waals surface area contributed by atoms with Crippen LogP contribution >= 0.6 is 0 Å². The summed E-state index contributed by atoms with van der Waals surface area (Å²) in [6.45, 7) is 3.47. The van der Waals surface area contributed by atoms with E-state index in [0.717, 1.165) is 50.1 Å². The molecule has 0 amide bonds. The normalized spacial score (nSPS) is 17.1. The number of anilines is 2. The summed E-state index contributed by atoms with van der Waals surface area (Å²) in [5, 5.41) is 0.655. The predicted molar refractivity (Wildman–Crippen MR) is 116 cm³/mol. The maximum atomic E-state index is 12.8. The minimum Gasteiger partial charge on any atom is -0.381 e. The second-order valence-corrected chi connectivity index (χ2v) is 7.94. The van der Waals surface area contributed by atoms with Crippen molar-refractivity contribution in [1.82, 2.24) is 9.97 Å². The highest BCUT2D eigenvalue weighted by Gasteiger charge is 2.21. The maximum Gasteiger partial charge on any atom is 0.258 e. The van der Waals surface area contributed by atoms with Crippen LogP contribution in [0.25, 0.3) is 10.9 Å². The second-order valence-electron chi connectivity index (χ2n) is 7.94. The Morgan fingerprint density at radius 3 is 2.79 bits per heavy atom. The van der Waals surface area contributed by atoms with Gasteiger partial charge < -0.3 is 19.5 Å². The summed E-state index contributed by atoms with van der Waals surface area (Å²) >= 11 is 0. The topological polar surface area (TPSA) is 61.5 Å². The van der Waals surface area contributed by atoms with Crippen LogP contribution in [0.3, 0.4) is 0 Å². The van der Waals surface area contributed by atoms with E-state index in [9.17, 15) is 4.79 Å². The van der Waals surface area contributed by atoms with Gasteiger partial charge in [0.05, 0.1) is 23.6 Å². The van der Waals surface area contributed by atoms with Gasteiger partial charge in [0.1, 0.15) is 5.82 Å². The average molecular weight is 390 g/mol. The number of H-pyrrole nitrogens is 1. The van der Waals surface area contributed by atoms with Crippen molar-refractivity contribution in [1.29, 1.82) is 0 Å². The van der Waals surface area contributed by atoms with Gasteiger partial charge in [0, 0.05) is 38.1 Å². The molecule has 6 nitrogen and oxygen atoms in total. The van der Waals surface area contributed by atoms with Gasteiger partial charge in [-0.1, -0.05) is 18.2 Å². The number of nitrogens with one attached hydrogen (secondary N) is 1. The number of fused-ring (bicyclic) bond motifs is 2. The lowest BCUT2D eigenvalue weighted by Crippen LogP contribution is -2.36. The van der Waals surface area contributed by atoms with E-state index in [4.69, 9.17) is 9.72 Å². The minimum atomic E-state index is -0.0638. The first-order valence-electron chi connectivity index (χ1n) is 10.3. The lowest BCUT2D eigenvalue weighted by molar-refractivity contribution is 0.0819. The molecule has 2 aliphatic rings. The van der Waals surface area contributed by atoms with Crippen molar-refractivity contribution in [2.75, 3.05) is 36.5 Å². The third kappa shape index (κ3) is 3.49. The summed E-state index contributed by atoms with van der Waals surface area (Å²) in [6, 6.07) is 14.5. The van der Waals surface area contributed by atoms with Crippen molar-refractivity contribution in [3.05, 3.63) is 64.2 Å². The SMILES string of the molecule is COC1CCN(c2ccc3nc(CN4CCc5ccccc54)[nH]c(=O)c3c2)CC1. The molecule has 1 saturated heterocycles. The zero-order valence-electron chi connectivity index (χ0n) is 16.7. The fourth-order valence-electron chi connectivity index (χ4n) is 4.55. The zero-order chi connectivity index (χ0) is 19.8. The first-order chi connectivity index (χ1) is 14.2. The molecule has 2 aromatic carbocycles. The third-order valence-corrected chi connectivity index (χ3v) is 6.20. The molecule has 3 aromatic rings. The van der Waals surface area contributed by atoms with Gasteiger partial charge in [0.15, 0.2) is 0 Å². The number of nitrogens with zero attached hydrogens (tertiary/aromatic N) is 3. The molecule has 0 radical (unpaired) electrons. The summed E-state index contributed by atoms with van der Waals surface area (Å²) in [4.78, 5) is 25.2. The molecule has 150 valence electrons. The van der Waals surface area contributed by atoms with Crippen LogP contribution in [0.4, 0.5) is 11.4 Å². The van der Waals surface area contributed by atoms with Crippen molar-refractivity contribution >= 4 is 22.3 Å². The Bertz CT molecular complexity index is 1090. The molecule has 0 atom stereocenters.